The summed E-state index contributed by atoms with van der Waals surface area (Å²) in [7, 11) is 1.82. The summed E-state index contributed by atoms with van der Waals surface area (Å²) in [6.45, 7) is 1.98. The number of aryl methyl sites for hydroxylation is 1. The van der Waals surface area contributed by atoms with Crippen molar-refractivity contribution < 1.29 is 8.78 Å². The van der Waals surface area contributed by atoms with Crippen LogP contribution in [0, 0.1) is 11.6 Å². The molecule has 5 N–H and O–H groups in total. The normalized spacial score (nSPS) is 12.2. The predicted octanol–water partition coefficient (Wildman–Crippen LogP) is 3.29. The molecule has 0 saturated heterocycles. The van der Waals surface area contributed by atoms with E-state index in [0.717, 1.165) is 11.9 Å². The minimum atomic E-state index is -0.562. The second-order valence-corrected chi connectivity index (χ2v) is 8.10. The lowest BCUT2D eigenvalue weighted by molar-refractivity contribution is 0.588. The Kier molecular flexibility index (Phi) is 5.47. The van der Waals surface area contributed by atoms with Gasteiger partial charge >= 0.3 is 0 Å². The van der Waals surface area contributed by atoms with Gasteiger partial charge in [0.05, 0.1) is 29.9 Å². The quantitative estimate of drug-likeness (QED) is 0.339. The van der Waals surface area contributed by atoms with Gasteiger partial charge in [0.2, 0.25) is 0 Å². The summed E-state index contributed by atoms with van der Waals surface area (Å²) in [5.74, 6) is -0.664. The minimum absolute atomic E-state index is 0.0774. The van der Waals surface area contributed by atoms with Gasteiger partial charge in [0.15, 0.2) is 23.1 Å². The Bertz CT molecular complexity index is 1520. The van der Waals surface area contributed by atoms with Crippen LogP contribution in [0.25, 0.3) is 22.6 Å². The Morgan fingerprint density at radius 2 is 1.80 bits per heavy atom. The number of hydrogen-bond acceptors (Lipinski definition) is 8. The smallest absolute Gasteiger partial charge is 0.184 e. The largest absolute Gasteiger partial charge is 0.382 e. The van der Waals surface area contributed by atoms with Gasteiger partial charge in [0, 0.05) is 18.8 Å². The number of aromatic nitrogens is 7. The van der Waals surface area contributed by atoms with Crippen LogP contribution < -0.4 is 16.8 Å². The Balaban J connectivity index is 1.54. The average Bonchev–Trinajstić information content (AvgIpc) is 3.41. The molecule has 0 bridgehead atoms. The van der Waals surface area contributed by atoms with Crippen molar-refractivity contribution in [3.05, 3.63) is 71.7 Å². The number of rotatable bonds is 6. The Labute approximate surface area is 198 Å². The maximum absolute atomic E-state index is 14.3. The van der Waals surface area contributed by atoms with Gasteiger partial charge < -0.3 is 16.8 Å². The molecule has 0 radical (unpaired) electrons. The first kappa shape index (κ1) is 22.2. The van der Waals surface area contributed by atoms with E-state index < -0.39 is 5.82 Å². The molecule has 4 heterocycles. The third-order valence-electron chi connectivity index (χ3n) is 5.55. The number of nitrogen functional groups attached to an aromatic ring is 2. The number of pyridine rings is 1. The van der Waals surface area contributed by atoms with Crippen molar-refractivity contribution in [1.82, 2.24) is 34.5 Å². The molecule has 5 rings (SSSR count). The topological polar surface area (TPSA) is 138 Å². The van der Waals surface area contributed by atoms with Gasteiger partial charge in [0.25, 0.3) is 0 Å². The molecule has 0 aliphatic heterocycles. The van der Waals surface area contributed by atoms with Crippen LogP contribution in [0.4, 0.5) is 26.1 Å². The first-order chi connectivity index (χ1) is 16.8. The monoisotopic (exact) mass is 476 g/mol. The molecular formula is C23H22F2N10. The fourth-order valence-electron chi connectivity index (χ4n) is 3.80. The molecule has 5 aromatic rings. The van der Waals surface area contributed by atoms with Crippen molar-refractivity contribution in [2.24, 2.45) is 7.05 Å². The lowest BCUT2D eigenvalue weighted by atomic mass is 10.2. The number of halogens is 2. The molecule has 1 atom stereocenters. The summed E-state index contributed by atoms with van der Waals surface area (Å²) in [4.78, 5) is 12.9. The van der Waals surface area contributed by atoms with E-state index in [0.29, 0.717) is 22.3 Å². The standard InChI is InChI=1S/C23H22F2N10/c1-12(17-7-8-34(2)32-17)29-19-20(26)30-22(31-21(19)27)18-15-9-14(24)10-28-23(15)35(33-18)11-13-5-3-4-6-16(13)25/h3-10,12,29H,11H2,1-2H3,(H4,26,27,30,31). The number of anilines is 3. The van der Waals surface area contributed by atoms with Crippen molar-refractivity contribution in [3.8, 4) is 11.5 Å². The zero-order valence-corrected chi connectivity index (χ0v) is 18.9. The lowest BCUT2D eigenvalue weighted by Crippen LogP contribution is -2.14. The molecule has 0 spiro atoms. The van der Waals surface area contributed by atoms with Gasteiger partial charge in [-0.25, -0.2) is 28.4 Å². The first-order valence-electron chi connectivity index (χ1n) is 10.7. The molecule has 0 fully saturated rings. The lowest BCUT2D eigenvalue weighted by Gasteiger charge is -2.16. The molecule has 0 saturated carbocycles. The highest BCUT2D eigenvalue weighted by Gasteiger charge is 2.21. The zero-order valence-electron chi connectivity index (χ0n) is 18.9. The molecule has 1 unspecified atom stereocenters. The Hall–Kier alpha value is -4.61. The molecule has 12 heteroatoms. The summed E-state index contributed by atoms with van der Waals surface area (Å²) in [5, 5.41) is 12.4. The van der Waals surface area contributed by atoms with Gasteiger partial charge in [-0.3, -0.25) is 4.68 Å². The molecule has 178 valence electrons. The zero-order chi connectivity index (χ0) is 24.7. The number of fused-ring (bicyclic) bond motifs is 1. The van der Waals surface area contributed by atoms with E-state index in [-0.39, 0.29) is 41.6 Å². The van der Waals surface area contributed by atoms with Gasteiger partial charge in [-0.1, -0.05) is 18.2 Å². The predicted molar refractivity (Wildman–Crippen MR) is 128 cm³/mol. The summed E-state index contributed by atoms with van der Waals surface area (Å²) in [5.41, 5.74) is 14.6. The van der Waals surface area contributed by atoms with Crippen LogP contribution >= 0.6 is 0 Å². The van der Waals surface area contributed by atoms with E-state index in [4.69, 9.17) is 11.5 Å². The molecule has 0 amide bonds. The first-order valence-corrected chi connectivity index (χ1v) is 10.7. The van der Waals surface area contributed by atoms with E-state index in [9.17, 15) is 8.78 Å². The third kappa shape index (κ3) is 4.21. The SMILES string of the molecule is CC(Nc1c(N)nc(-c2nn(Cc3ccccc3F)c3ncc(F)cc23)nc1N)c1ccn(C)n1. The van der Waals surface area contributed by atoms with E-state index in [1.807, 2.05) is 26.2 Å². The van der Waals surface area contributed by atoms with Crippen molar-refractivity contribution in [3.63, 3.8) is 0 Å². The highest BCUT2D eigenvalue weighted by Crippen LogP contribution is 2.32. The second-order valence-electron chi connectivity index (χ2n) is 8.10. The fraction of sp³-hybridized carbons (Fsp3) is 0.174. The van der Waals surface area contributed by atoms with Crippen LogP contribution in [0.3, 0.4) is 0 Å². The average molecular weight is 476 g/mol. The van der Waals surface area contributed by atoms with Gasteiger partial charge in [0.1, 0.15) is 23.0 Å². The van der Waals surface area contributed by atoms with Crippen molar-refractivity contribution >= 4 is 28.4 Å². The van der Waals surface area contributed by atoms with Crippen LogP contribution in [0.15, 0.2) is 48.8 Å². The summed E-state index contributed by atoms with van der Waals surface area (Å²) < 4.78 is 31.5. The van der Waals surface area contributed by atoms with Gasteiger partial charge in [-0.15, -0.1) is 0 Å². The van der Waals surface area contributed by atoms with Crippen LogP contribution in [-0.4, -0.2) is 34.5 Å². The van der Waals surface area contributed by atoms with Gasteiger partial charge in [-0.2, -0.15) is 10.2 Å². The molecule has 1 aromatic carbocycles. The second kappa shape index (κ2) is 8.63. The molecule has 0 aliphatic carbocycles. The Morgan fingerprint density at radius 1 is 1.06 bits per heavy atom. The van der Waals surface area contributed by atoms with Crippen LogP contribution in [0.1, 0.15) is 24.2 Å². The van der Waals surface area contributed by atoms with E-state index in [2.05, 4.69) is 30.5 Å². The molecule has 10 nitrogen and oxygen atoms in total. The maximum Gasteiger partial charge on any atom is 0.184 e. The summed E-state index contributed by atoms with van der Waals surface area (Å²) in [6, 6.07) is 9.25. The van der Waals surface area contributed by atoms with Crippen molar-refractivity contribution in [2.45, 2.75) is 19.5 Å². The van der Waals surface area contributed by atoms with E-state index in [1.165, 1.54) is 16.8 Å². The van der Waals surface area contributed by atoms with E-state index in [1.54, 1.807) is 22.9 Å². The molecule has 35 heavy (non-hydrogen) atoms. The van der Waals surface area contributed by atoms with Crippen molar-refractivity contribution in [1.29, 1.82) is 0 Å². The Morgan fingerprint density at radius 3 is 2.49 bits per heavy atom. The fourth-order valence-corrected chi connectivity index (χ4v) is 3.80. The maximum atomic E-state index is 14.3. The van der Waals surface area contributed by atoms with Crippen LogP contribution in [0.2, 0.25) is 0 Å². The highest BCUT2D eigenvalue weighted by atomic mass is 19.1. The van der Waals surface area contributed by atoms with Crippen LogP contribution in [0.5, 0.6) is 0 Å². The molecular weight excluding hydrogens is 454 g/mol. The van der Waals surface area contributed by atoms with Crippen LogP contribution in [-0.2, 0) is 13.6 Å². The highest BCUT2D eigenvalue weighted by molar-refractivity contribution is 5.90. The van der Waals surface area contributed by atoms with E-state index >= 15 is 0 Å². The number of hydrogen-bond donors (Lipinski definition) is 3. The third-order valence-corrected chi connectivity index (χ3v) is 5.55. The number of nitrogens with two attached hydrogens (primary N) is 2. The minimum Gasteiger partial charge on any atom is -0.382 e. The molecule has 4 aromatic heterocycles. The summed E-state index contributed by atoms with van der Waals surface area (Å²) >= 11 is 0. The number of nitrogens with zero attached hydrogens (tertiary/aromatic N) is 7. The van der Waals surface area contributed by atoms with Crippen molar-refractivity contribution in [2.75, 3.05) is 16.8 Å². The number of benzene rings is 1. The summed E-state index contributed by atoms with van der Waals surface area (Å²) in [6.07, 6.45) is 2.90. The molecule has 0 aliphatic rings. The number of nitrogens with one attached hydrogen (secondary N) is 1. The van der Waals surface area contributed by atoms with Gasteiger partial charge in [-0.05, 0) is 25.1 Å².